The second kappa shape index (κ2) is 5.93. The quantitative estimate of drug-likeness (QED) is 0.626. The normalized spacial score (nSPS) is 23.0. The lowest BCUT2D eigenvalue weighted by Gasteiger charge is -2.31. The van der Waals surface area contributed by atoms with E-state index in [4.69, 9.17) is 9.84 Å². The Kier molecular flexibility index (Phi) is 3.94. The average molecular weight is 334 g/mol. The third-order valence-electron chi connectivity index (χ3n) is 3.95. The molecule has 24 heavy (non-hydrogen) atoms. The fraction of sp³-hybridized carbons (Fsp3) is 0.333. The van der Waals surface area contributed by atoms with Crippen LogP contribution in [-0.4, -0.2) is 51.5 Å². The van der Waals surface area contributed by atoms with Crippen molar-refractivity contribution in [2.75, 3.05) is 6.61 Å². The lowest BCUT2D eigenvalue weighted by molar-refractivity contribution is -0.140. The molecule has 0 spiro atoms. The highest BCUT2D eigenvalue weighted by Gasteiger charge is 2.45. The van der Waals surface area contributed by atoms with Crippen LogP contribution in [-0.2, 0) is 14.4 Å². The number of carbonyl (C=O) groups excluding carboxylic acids is 3. The summed E-state index contributed by atoms with van der Waals surface area (Å²) in [6, 6.07) is 3.45. The average Bonchev–Trinajstić information content (AvgIpc) is 2.78. The van der Waals surface area contributed by atoms with Gasteiger partial charge in [-0.2, -0.15) is 0 Å². The molecule has 0 aliphatic carbocycles. The maximum Gasteiger partial charge on any atom is 0.341 e. The summed E-state index contributed by atoms with van der Waals surface area (Å²) in [5.74, 6) is -2.91. The van der Waals surface area contributed by atoms with Crippen LogP contribution >= 0.6 is 0 Å². The summed E-state index contributed by atoms with van der Waals surface area (Å²) in [4.78, 5) is 47.5. The Morgan fingerprint density at radius 1 is 1.33 bits per heavy atom. The van der Waals surface area contributed by atoms with Crippen LogP contribution < -0.4 is 10.1 Å². The zero-order valence-corrected chi connectivity index (χ0v) is 12.4. The van der Waals surface area contributed by atoms with Crippen LogP contribution in [0, 0.1) is 0 Å². The van der Waals surface area contributed by atoms with Crippen molar-refractivity contribution in [3.05, 3.63) is 29.3 Å². The maximum absolute atomic E-state index is 12.7. The molecule has 2 unspecified atom stereocenters. The minimum absolute atomic E-state index is 0.0220. The van der Waals surface area contributed by atoms with Crippen molar-refractivity contribution in [2.24, 2.45) is 0 Å². The maximum atomic E-state index is 12.7. The van der Waals surface area contributed by atoms with Crippen LogP contribution in [0.4, 0.5) is 0 Å². The number of amides is 3. The number of piperidine rings is 1. The molecule has 1 aromatic rings. The molecule has 2 aliphatic rings. The molecule has 3 N–H and O–H groups in total. The third kappa shape index (κ3) is 2.58. The van der Waals surface area contributed by atoms with Gasteiger partial charge in [0.15, 0.2) is 12.8 Å². The minimum Gasteiger partial charge on any atom is -0.481 e. The largest absolute Gasteiger partial charge is 0.481 e. The van der Waals surface area contributed by atoms with Gasteiger partial charge in [0.25, 0.3) is 5.91 Å². The van der Waals surface area contributed by atoms with Gasteiger partial charge in [0.2, 0.25) is 11.8 Å². The van der Waals surface area contributed by atoms with Gasteiger partial charge in [0.1, 0.15) is 11.8 Å². The summed E-state index contributed by atoms with van der Waals surface area (Å²) in [5.41, 5.74) is 0.253. The standard InChI is InChI=1S/C15H14N2O7/c18-10-5-4-8(13(21)16-10)17-14(22)7-2-1-3-9(12(7)15(17)23)24-6-11(19)20/h1-3,8,14,22H,4-6H2,(H,19,20)(H,16,18,21). The zero-order valence-electron chi connectivity index (χ0n) is 12.4. The zero-order chi connectivity index (χ0) is 17.4. The van der Waals surface area contributed by atoms with Crippen LogP contribution in [0.25, 0.3) is 0 Å². The summed E-state index contributed by atoms with van der Waals surface area (Å²) in [7, 11) is 0. The minimum atomic E-state index is -1.37. The van der Waals surface area contributed by atoms with Crippen molar-refractivity contribution in [2.45, 2.75) is 25.1 Å². The van der Waals surface area contributed by atoms with Crippen LogP contribution in [0.3, 0.4) is 0 Å². The summed E-state index contributed by atoms with van der Waals surface area (Å²) in [5, 5.41) is 21.3. The topological polar surface area (TPSA) is 133 Å². The molecular weight excluding hydrogens is 320 g/mol. The molecule has 1 aromatic carbocycles. The highest BCUT2D eigenvalue weighted by molar-refractivity contribution is 6.06. The molecule has 2 heterocycles. The fourth-order valence-electron chi connectivity index (χ4n) is 2.90. The summed E-state index contributed by atoms with van der Waals surface area (Å²) in [6.07, 6.45) is -1.21. The van der Waals surface area contributed by atoms with Gasteiger partial charge < -0.3 is 14.9 Å². The lowest BCUT2D eigenvalue weighted by Crippen LogP contribution is -2.53. The Bertz CT molecular complexity index is 745. The number of carboxylic acid groups (broad SMARTS) is 1. The first-order valence-electron chi connectivity index (χ1n) is 7.22. The fourth-order valence-corrected chi connectivity index (χ4v) is 2.90. The van der Waals surface area contributed by atoms with E-state index in [9.17, 15) is 24.3 Å². The van der Waals surface area contributed by atoms with Crippen LogP contribution in [0.1, 0.15) is 35.0 Å². The molecule has 1 saturated heterocycles. The van der Waals surface area contributed by atoms with Crippen LogP contribution in [0.2, 0.25) is 0 Å². The summed E-state index contributed by atoms with van der Waals surface area (Å²) >= 11 is 0. The van der Waals surface area contributed by atoms with E-state index in [1.54, 1.807) is 0 Å². The van der Waals surface area contributed by atoms with Gasteiger partial charge >= 0.3 is 5.97 Å². The number of hydrogen-bond donors (Lipinski definition) is 3. The van der Waals surface area contributed by atoms with E-state index in [0.717, 1.165) is 4.90 Å². The first kappa shape index (κ1) is 15.9. The number of nitrogens with one attached hydrogen (secondary N) is 1. The van der Waals surface area contributed by atoms with Crippen molar-refractivity contribution >= 4 is 23.7 Å². The third-order valence-corrected chi connectivity index (χ3v) is 3.95. The van der Waals surface area contributed by atoms with Crippen LogP contribution in [0.15, 0.2) is 18.2 Å². The molecule has 2 atom stereocenters. The molecule has 126 valence electrons. The molecule has 9 heteroatoms. The van der Waals surface area contributed by atoms with Gasteiger partial charge in [-0.15, -0.1) is 0 Å². The Hall–Kier alpha value is -2.94. The van der Waals surface area contributed by atoms with E-state index in [-0.39, 0.29) is 29.7 Å². The Morgan fingerprint density at radius 2 is 2.08 bits per heavy atom. The number of fused-ring (bicyclic) bond motifs is 1. The van der Waals surface area contributed by atoms with Crippen molar-refractivity contribution in [1.29, 1.82) is 0 Å². The number of nitrogens with zero attached hydrogens (tertiary/aromatic N) is 1. The van der Waals surface area contributed by atoms with Gasteiger partial charge in [-0.25, -0.2) is 4.79 Å². The molecule has 0 saturated carbocycles. The number of aliphatic hydroxyl groups is 1. The molecule has 0 bridgehead atoms. The van der Waals surface area contributed by atoms with Gasteiger partial charge in [-0.3, -0.25) is 24.6 Å². The number of benzene rings is 1. The second-order valence-electron chi connectivity index (χ2n) is 5.46. The van der Waals surface area contributed by atoms with E-state index in [1.807, 2.05) is 0 Å². The summed E-state index contributed by atoms with van der Waals surface area (Å²) < 4.78 is 5.10. The number of aliphatic hydroxyl groups excluding tert-OH is 1. The Morgan fingerprint density at radius 3 is 2.75 bits per heavy atom. The SMILES string of the molecule is O=C(O)COc1cccc2c1C(=O)N(C1CCC(=O)NC1=O)C2O. The number of imide groups is 1. The van der Waals surface area contributed by atoms with E-state index in [2.05, 4.69) is 5.32 Å². The molecular formula is C15H14N2O7. The molecule has 1 fully saturated rings. The van der Waals surface area contributed by atoms with Crippen molar-refractivity contribution in [3.63, 3.8) is 0 Å². The summed E-state index contributed by atoms with van der Waals surface area (Å²) in [6.45, 7) is -0.641. The molecule has 3 rings (SSSR count). The van der Waals surface area contributed by atoms with Gasteiger partial charge in [0.05, 0.1) is 5.56 Å². The molecule has 2 aliphatic heterocycles. The predicted octanol–water partition coefficient (Wildman–Crippen LogP) is -0.598. The number of carboxylic acids is 1. The van der Waals surface area contributed by atoms with Crippen molar-refractivity contribution in [3.8, 4) is 5.75 Å². The first-order valence-corrected chi connectivity index (χ1v) is 7.22. The number of aliphatic carboxylic acids is 1. The predicted molar refractivity (Wildman–Crippen MR) is 76.9 cm³/mol. The van der Waals surface area contributed by atoms with Gasteiger partial charge in [0, 0.05) is 12.0 Å². The molecule has 3 amide bonds. The molecule has 9 nitrogen and oxygen atoms in total. The lowest BCUT2D eigenvalue weighted by atomic mass is 10.0. The smallest absolute Gasteiger partial charge is 0.341 e. The molecule has 0 aromatic heterocycles. The van der Waals surface area contributed by atoms with Gasteiger partial charge in [-0.1, -0.05) is 12.1 Å². The second-order valence-corrected chi connectivity index (χ2v) is 5.46. The Balaban J connectivity index is 1.92. The number of hydrogen-bond acceptors (Lipinski definition) is 6. The highest BCUT2D eigenvalue weighted by Crippen LogP contribution is 2.39. The van der Waals surface area contributed by atoms with Crippen molar-refractivity contribution < 1.29 is 34.1 Å². The Labute approximate surface area is 135 Å². The number of carbonyl (C=O) groups is 4. The number of rotatable bonds is 4. The van der Waals surface area contributed by atoms with E-state index in [0.29, 0.717) is 0 Å². The number of ether oxygens (including phenoxy) is 1. The van der Waals surface area contributed by atoms with Crippen LogP contribution in [0.5, 0.6) is 5.75 Å². The molecule has 0 radical (unpaired) electrons. The monoisotopic (exact) mass is 334 g/mol. The van der Waals surface area contributed by atoms with E-state index in [1.165, 1.54) is 18.2 Å². The highest BCUT2D eigenvalue weighted by atomic mass is 16.5. The first-order chi connectivity index (χ1) is 11.4. The van der Waals surface area contributed by atoms with E-state index >= 15 is 0 Å². The van der Waals surface area contributed by atoms with E-state index < -0.39 is 42.6 Å². The van der Waals surface area contributed by atoms with Crippen molar-refractivity contribution in [1.82, 2.24) is 10.2 Å². The van der Waals surface area contributed by atoms with Gasteiger partial charge in [-0.05, 0) is 12.5 Å².